The normalized spacial score (nSPS) is 37.7. The van der Waals surface area contributed by atoms with Crippen LogP contribution in [-0.2, 0) is 0 Å². The molecule has 2 aliphatic rings. The molecule has 1 aliphatic carbocycles. The highest BCUT2D eigenvalue weighted by Crippen LogP contribution is 2.45. The zero-order valence-electron chi connectivity index (χ0n) is 6.11. The number of nitrogens with one attached hydrogen (secondary N) is 1. The summed E-state index contributed by atoms with van der Waals surface area (Å²) in [6, 6.07) is 0. The van der Waals surface area contributed by atoms with E-state index in [-0.39, 0.29) is 0 Å². The summed E-state index contributed by atoms with van der Waals surface area (Å²) in [4.78, 5) is 0. The minimum atomic E-state index is 0.667. The van der Waals surface area contributed by atoms with E-state index in [0.29, 0.717) is 5.54 Å². The van der Waals surface area contributed by atoms with Crippen molar-refractivity contribution < 1.29 is 0 Å². The van der Waals surface area contributed by atoms with Gasteiger partial charge in [-0.05, 0) is 31.7 Å². The number of hydrogen-bond donors (Lipinski definition) is 1. The van der Waals surface area contributed by atoms with Crippen molar-refractivity contribution in [3.05, 3.63) is 0 Å². The van der Waals surface area contributed by atoms with Gasteiger partial charge in [-0.2, -0.15) is 0 Å². The standard InChI is InChI=1S/C8H15N/c1-2-7-5-8(3-4-8)9-6-7/h7,9H,2-6H2,1H3. The van der Waals surface area contributed by atoms with Gasteiger partial charge in [0.2, 0.25) is 0 Å². The minimum absolute atomic E-state index is 0.667. The lowest BCUT2D eigenvalue weighted by molar-refractivity contribution is 0.532. The first kappa shape index (κ1) is 5.72. The van der Waals surface area contributed by atoms with Crippen LogP contribution in [0.15, 0.2) is 0 Å². The van der Waals surface area contributed by atoms with Gasteiger partial charge >= 0.3 is 0 Å². The van der Waals surface area contributed by atoms with Crippen molar-refractivity contribution in [2.75, 3.05) is 6.54 Å². The maximum atomic E-state index is 3.61. The molecule has 1 nitrogen and oxygen atoms in total. The molecular weight excluding hydrogens is 110 g/mol. The summed E-state index contributed by atoms with van der Waals surface area (Å²) in [6.45, 7) is 3.59. The highest BCUT2D eigenvalue weighted by molar-refractivity contribution is 5.07. The summed E-state index contributed by atoms with van der Waals surface area (Å²) < 4.78 is 0. The molecule has 9 heavy (non-hydrogen) atoms. The van der Waals surface area contributed by atoms with Crippen LogP contribution >= 0.6 is 0 Å². The number of rotatable bonds is 1. The molecule has 2 fully saturated rings. The van der Waals surface area contributed by atoms with Crippen LogP contribution in [0.3, 0.4) is 0 Å². The summed E-state index contributed by atoms with van der Waals surface area (Å²) in [5, 5.41) is 3.61. The molecule has 1 unspecified atom stereocenters. The molecule has 1 N–H and O–H groups in total. The van der Waals surface area contributed by atoms with Gasteiger partial charge in [0, 0.05) is 5.54 Å². The maximum absolute atomic E-state index is 3.61. The molecule has 1 heteroatoms. The molecule has 1 saturated carbocycles. The van der Waals surface area contributed by atoms with Crippen LogP contribution in [0, 0.1) is 5.92 Å². The average molecular weight is 125 g/mol. The molecule has 0 radical (unpaired) electrons. The lowest BCUT2D eigenvalue weighted by Gasteiger charge is -2.03. The van der Waals surface area contributed by atoms with Crippen LogP contribution in [0.2, 0.25) is 0 Å². The third kappa shape index (κ3) is 0.877. The van der Waals surface area contributed by atoms with E-state index in [1.807, 2.05) is 0 Å². The monoisotopic (exact) mass is 125 g/mol. The predicted octanol–water partition coefficient (Wildman–Crippen LogP) is 1.54. The summed E-state index contributed by atoms with van der Waals surface area (Å²) in [5.74, 6) is 0.993. The van der Waals surface area contributed by atoms with Crippen molar-refractivity contribution in [2.45, 2.75) is 38.1 Å². The predicted molar refractivity (Wildman–Crippen MR) is 38.4 cm³/mol. The molecule has 1 heterocycles. The lowest BCUT2D eigenvalue weighted by atomic mass is 10.0. The lowest BCUT2D eigenvalue weighted by Crippen LogP contribution is -2.22. The highest BCUT2D eigenvalue weighted by Gasteiger charge is 2.47. The van der Waals surface area contributed by atoms with Gasteiger partial charge in [0.05, 0.1) is 0 Å². The Bertz CT molecular complexity index is 116. The first-order valence-electron chi connectivity index (χ1n) is 4.10. The maximum Gasteiger partial charge on any atom is 0.0186 e. The van der Waals surface area contributed by atoms with Gasteiger partial charge in [-0.3, -0.25) is 0 Å². The SMILES string of the molecule is CCC1CNC2(CC2)C1. The Balaban J connectivity index is 1.93. The smallest absolute Gasteiger partial charge is 0.0186 e. The molecule has 0 amide bonds. The molecule has 0 bridgehead atoms. The van der Waals surface area contributed by atoms with E-state index in [9.17, 15) is 0 Å². The first-order chi connectivity index (χ1) is 4.35. The van der Waals surface area contributed by atoms with Crippen molar-refractivity contribution in [1.29, 1.82) is 0 Å². The Kier molecular flexibility index (Phi) is 1.10. The molecule has 2 rings (SSSR count). The third-order valence-corrected chi connectivity index (χ3v) is 2.88. The van der Waals surface area contributed by atoms with Gasteiger partial charge in [-0.1, -0.05) is 13.3 Å². The van der Waals surface area contributed by atoms with Gasteiger partial charge in [0.15, 0.2) is 0 Å². The topological polar surface area (TPSA) is 12.0 Å². The van der Waals surface area contributed by atoms with E-state index in [1.165, 1.54) is 32.2 Å². The van der Waals surface area contributed by atoms with Crippen molar-refractivity contribution in [1.82, 2.24) is 5.32 Å². The van der Waals surface area contributed by atoms with Crippen molar-refractivity contribution in [3.63, 3.8) is 0 Å². The van der Waals surface area contributed by atoms with E-state index < -0.39 is 0 Å². The number of hydrogen-bond acceptors (Lipinski definition) is 1. The summed E-state index contributed by atoms with van der Waals surface area (Å²) >= 11 is 0. The molecule has 0 aromatic carbocycles. The van der Waals surface area contributed by atoms with Crippen LogP contribution in [0.1, 0.15) is 32.6 Å². The second kappa shape index (κ2) is 1.72. The van der Waals surface area contributed by atoms with Gasteiger partial charge in [-0.15, -0.1) is 0 Å². The molecule has 0 aromatic heterocycles. The van der Waals surface area contributed by atoms with E-state index in [1.54, 1.807) is 0 Å². The quantitative estimate of drug-likeness (QED) is 0.560. The van der Waals surface area contributed by atoms with E-state index in [4.69, 9.17) is 0 Å². The second-order valence-corrected chi connectivity index (χ2v) is 3.64. The molecule has 1 spiro atoms. The summed E-state index contributed by atoms with van der Waals surface area (Å²) in [6.07, 6.45) is 5.73. The fourth-order valence-corrected chi connectivity index (χ4v) is 1.88. The largest absolute Gasteiger partial charge is 0.311 e. The Morgan fingerprint density at radius 3 is 2.67 bits per heavy atom. The molecule has 1 atom stereocenters. The fourth-order valence-electron chi connectivity index (χ4n) is 1.88. The van der Waals surface area contributed by atoms with Crippen molar-refractivity contribution >= 4 is 0 Å². The average Bonchev–Trinajstić information content (AvgIpc) is 2.44. The van der Waals surface area contributed by atoms with Crippen LogP contribution in [-0.4, -0.2) is 12.1 Å². The Morgan fingerprint density at radius 1 is 1.56 bits per heavy atom. The van der Waals surface area contributed by atoms with Crippen LogP contribution in [0.4, 0.5) is 0 Å². The van der Waals surface area contributed by atoms with E-state index in [0.717, 1.165) is 5.92 Å². The Hall–Kier alpha value is -0.0400. The molecule has 1 saturated heterocycles. The van der Waals surface area contributed by atoms with Crippen molar-refractivity contribution in [2.24, 2.45) is 5.92 Å². The third-order valence-electron chi connectivity index (χ3n) is 2.88. The highest BCUT2D eigenvalue weighted by atomic mass is 15.1. The van der Waals surface area contributed by atoms with Crippen LogP contribution in [0.5, 0.6) is 0 Å². The van der Waals surface area contributed by atoms with Crippen LogP contribution < -0.4 is 5.32 Å². The van der Waals surface area contributed by atoms with Crippen molar-refractivity contribution in [3.8, 4) is 0 Å². The van der Waals surface area contributed by atoms with Gasteiger partial charge in [-0.25, -0.2) is 0 Å². The fraction of sp³-hybridized carbons (Fsp3) is 1.00. The first-order valence-corrected chi connectivity index (χ1v) is 4.10. The molecule has 0 aromatic rings. The van der Waals surface area contributed by atoms with E-state index in [2.05, 4.69) is 12.2 Å². The zero-order chi connectivity index (χ0) is 6.32. The second-order valence-electron chi connectivity index (χ2n) is 3.64. The molecule has 52 valence electrons. The van der Waals surface area contributed by atoms with Gasteiger partial charge in [0.1, 0.15) is 0 Å². The summed E-state index contributed by atoms with van der Waals surface area (Å²) in [7, 11) is 0. The van der Waals surface area contributed by atoms with E-state index >= 15 is 0 Å². The Labute approximate surface area is 56.8 Å². The summed E-state index contributed by atoms with van der Waals surface area (Å²) in [5.41, 5.74) is 0.667. The molecule has 1 aliphatic heterocycles. The molecular formula is C8H15N. The van der Waals surface area contributed by atoms with Gasteiger partial charge < -0.3 is 5.32 Å². The zero-order valence-corrected chi connectivity index (χ0v) is 6.11. The van der Waals surface area contributed by atoms with Gasteiger partial charge in [0.25, 0.3) is 0 Å². The van der Waals surface area contributed by atoms with Crippen LogP contribution in [0.25, 0.3) is 0 Å². The minimum Gasteiger partial charge on any atom is -0.311 e. The Morgan fingerprint density at radius 2 is 2.33 bits per heavy atom.